The van der Waals surface area contributed by atoms with Crippen LogP contribution in [-0.4, -0.2) is 9.97 Å². The highest BCUT2D eigenvalue weighted by molar-refractivity contribution is 9.10. The molecule has 0 aliphatic rings. The molecule has 0 aliphatic carbocycles. The minimum atomic E-state index is 0.575. The first-order valence-electron chi connectivity index (χ1n) is 7.76. The Kier molecular flexibility index (Phi) is 5.11. The molecule has 2 N–H and O–H groups in total. The van der Waals surface area contributed by atoms with Crippen LogP contribution in [0, 0.1) is 13.8 Å². The highest BCUT2D eigenvalue weighted by Gasteiger charge is 2.02. The fourth-order valence-corrected chi connectivity index (χ4v) is 2.63. The van der Waals surface area contributed by atoms with Gasteiger partial charge in [0.05, 0.1) is 0 Å². The maximum absolute atomic E-state index is 4.51. The second-order valence-corrected chi connectivity index (χ2v) is 6.55. The van der Waals surface area contributed by atoms with Crippen molar-refractivity contribution < 1.29 is 0 Å². The van der Waals surface area contributed by atoms with Crippen molar-refractivity contribution in [1.29, 1.82) is 0 Å². The number of nitrogens with one attached hydrogen (secondary N) is 2. The molecular weight excluding hydrogens is 364 g/mol. The van der Waals surface area contributed by atoms with E-state index in [2.05, 4.69) is 80.7 Å². The number of aromatic nitrogens is 2. The van der Waals surface area contributed by atoms with E-state index in [1.807, 2.05) is 18.2 Å². The fourth-order valence-electron chi connectivity index (χ4n) is 2.38. The van der Waals surface area contributed by atoms with Crippen LogP contribution >= 0.6 is 15.9 Å². The highest BCUT2D eigenvalue weighted by Crippen LogP contribution is 2.22. The van der Waals surface area contributed by atoms with E-state index in [1.54, 1.807) is 6.20 Å². The van der Waals surface area contributed by atoms with Gasteiger partial charge in [-0.3, -0.25) is 0 Å². The lowest BCUT2D eigenvalue weighted by Gasteiger charge is -2.10. The van der Waals surface area contributed by atoms with Gasteiger partial charge in [-0.25, -0.2) is 4.98 Å². The first-order chi connectivity index (χ1) is 11.6. The number of hydrogen-bond acceptors (Lipinski definition) is 4. The Labute approximate surface area is 150 Å². The molecular formula is C19H19BrN4. The molecule has 0 fully saturated rings. The predicted molar refractivity (Wildman–Crippen MR) is 103 cm³/mol. The summed E-state index contributed by atoms with van der Waals surface area (Å²) in [6.45, 7) is 4.88. The Morgan fingerprint density at radius 2 is 1.92 bits per heavy atom. The van der Waals surface area contributed by atoms with Gasteiger partial charge >= 0.3 is 0 Å². The summed E-state index contributed by atoms with van der Waals surface area (Å²) < 4.78 is 1.09. The topological polar surface area (TPSA) is 49.8 Å². The summed E-state index contributed by atoms with van der Waals surface area (Å²) in [5.74, 6) is 1.37. The third kappa shape index (κ3) is 4.32. The normalized spacial score (nSPS) is 10.5. The Morgan fingerprint density at radius 1 is 1.04 bits per heavy atom. The molecule has 122 valence electrons. The third-order valence-corrected chi connectivity index (χ3v) is 4.52. The van der Waals surface area contributed by atoms with Gasteiger partial charge in [0.1, 0.15) is 5.82 Å². The molecule has 24 heavy (non-hydrogen) atoms. The maximum atomic E-state index is 4.51. The first kappa shape index (κ1) is 16.5. The van der Waals surface area contributed by atoms with Crippen molar-refractivity contribution in [3.63, 3.8) is 0 Å². The van der Waals surface area contributed by atoms with Crippen molar-refractivity contribution in [2.24, 2.45) is 0 Å². The average Bonchev–Trinajstić information content (AvgIpc) is 2.57. The van der Waals surface area contributed by atoms with E-state index < -0.39 is 0 Å². The van der Waals surface area contributed by atoms with E-state index in [9.17, 15) is 0 Å². The number of halogens is 1. The third-order valence-electron chi connectivity index (χ3n) is 3.63. The van der Waals surface area contributed by atoms with Crippen molar-refractivity contribution in [1.82, 2.24) is 9.97 Å². The number of rotatable bonds is 5. The highest BCUT2D eigenvalue weighted by atomic mass is 79.9. The molecule has 0 spiro atoms. The summed E-state index contributed by atoms with van der Waals surface area (Å²) in [4.78, 5) is 8.79. The van der Waals surface area contributed by atoms with Gasteiger partial charge in [0, 0.05) is 22.9 Å². The van der Waals surface area contributed by atoms with Crippen molar-refractivity contribution in [3.8, 4) is 0 Å². The molecule has 4 nitrogen and oxygen atoms in total. The Morgan fingerprint density at radius 3 is 2.71 bits per heavy atom. The number of aryl methyl sites for hydroxylation is 2. The van der Waals surface area contributed by atoms with Crippen molar-refractivity contribution in [3.05, 3.63) is 75.9 Å². The Bertz CT molecular complexity index is 848. The zero-order valence-corrected chi connectivity index (χ0v) is 15.3. The number of hydrogen-bond donors (Lipinski definition) is 2. The zero-order chi connectivity index (χ0) is 16.9. The number of nitrogens with zero attached hydrogens (tertiary/aromatic N) is 2. The van der Waals surface area contributed by atoms with Gasteiger partial charge in [0.2, 0.25) is 5.95 Å². The summed E-state index contributed by atoms with van der Waals surface area (Å²) in [6.07, 6.45) is 1.75. The summed E-state index contributed by atoms with van der Waals surface area (Å²) >= 11 is 3.51. The van der Waals surface area contributed by atoms with Crippen LogP contribution in [0.15, 0.2) is 59.2 Å². The lowest BCUT2D eigenvalue weighted by molar-refractivity contribution is 1.08. The predicted octanol–water partition coefficient (Wildman–Crippen LogP) is 5.21. The Balaban J connectivity index is 1.68. The Hall–Kier alpha value is -2.40. The van der Waals surface area contributed by atoms with Crippen LogP contribution in [0.1, 0.15) is 16.7 Å². The van der Waals surface area contributed by atoms with Gasteiger partial charge in [-0.05, 0) is 49.2 Å². The van der Waals surface area contributed by atoms with Crippen molar-refractivity contribution in [2.45, 2.75) is 20.4 Å². The van der Waals surface area contributed by atoms with Gasteiger partial charge in [-0.2, -0.15) is 4.98 Å². The molecule has 2 aromatic carbocycles. The first-order valence-corrected chi connectivity index (χ1v) is 8.55. The summed E-state index contributed by atoms with van der Waals surface area (Å²) in [7, 11) is 0. The fraction of sp³-hybridized carbons (Fsp3) is 0.158. The van der Waals surface area contributed by atoms with E-state index in [0.29, 0.717) is 5.95 Å². The monoisotopic (exact) mass is 382 g/mol. The van der Waals surface area contributed by atoms with E-state index in [-0.39, 0.29) is 0 Å². The van der Waals surface area contributed by atoms with Crippen molar-refractivity contribution in [2.75, 3.05) is 10.6 Å². The van der Waals surface area contributed by atoms with Crippen LogP contribution in [0.3, 0.4) is 0 Å². The van der Waals surface area contributed by atoms with Crippen LogP contribution in [0.4, 0.5) is 17.5 Å². The molecule has 0 saturated heterocycles. The van der Waals surface area contributed by atoms with Crippen LogP contribution < -0.4 is 10.6 Å². The van der Waals surface area contributed by atoms with Gasteiger partial charge in [-0.1, -0.05) is 45.8 Å². The molecule has 0 aliphatic heterocycles. The van der Waals surface area contributed by atoms with E-state index >= 15 is 0 Å². The summed E-state index contributed by atoms with van der Waals surface area (Å²) in [6, 6.07) is 16.4. The lowest BCUT2D eigenvalue weighted by atomic mass is 10.1. The summed E-state index contributed by atoms with van der Waals surface area (Å²) in [5.41, 5.74) is 4.61. The zero-order valence-electron chi connectivity index (χ0n) is 13.7. The summed E-state index contributed by atoms with van der Waals surface area (Å²) in [5, 5.41) is 6.57. The molecule has 0 bridgehead atoms. The quantitative estimate of drug-likeness (QED) is 0.635. The molecule has 3 rings (SSSR count). The van der Waals surface area contributed by atoms with Gasteiger partial charge in [-0.15, -0.1) is 0 Å². The minimum absolute atomic E-state index is 0.575. The molecule has 5 heteroatoms. The second kappa shape index (κ2) is 7.45. The van der Waals surface area contributed by atoms with Crippen LogP contribution in [0.5, 0.6) is 0 Å². The smallest absolute Gasteiger partial charge is 0.229 e. The SMILES string of the molecule is Cc1cccc(CNc2ccnc(Nc3ccc(Br)c(C)c3)n2)c1. The number of anilines is 3. The molecule has 3 aromatic rings. The average molecular weight is 383 g/mol. The maximum Gasteiger partial charge on any atom is 0.229 e. The van der Waals surface area contributed by atoms with E-state index in [0.717, 1.165) is 28.1 Å². The van der Waals surface area contributed by atoms with Crippen LogP contribution in [-0.2, 0) is 6.54 Å². The van der Waals surface area contributed by atoms with Gasteiger partial charge in [0.15, 0.2) is 0 Å². The lowest BCUT2D eigenvalue weighted by Crippen LogP contribution is -2.04. The molecule has 1 aromatic heterocycles. The largest absolute Gasteiger partial charge is 0.366 e. The molecule has 0 atom stereocenters. The molecule has 0 saturated carbocycles. The van der Waals surface area contributed by atoms with Crippen molar-refractivity contribution >= 4 is 33.4 Å². The molecule has 0 radical (unpaired) electrons. The van der Waals surface area contributed by atoms with E-state index in [1.165, 1.54) is 11.1 Å². The van der Waals surface area contributed by atoms with Crippen LogP contribution in [0.25, 0.3) is 0 Å². The minimum Gasteiger partial charge on any atom is -0.366 e. The van der Waals surface area contributed by atoms with Gasteiger partial charge in [0.25, 0.3) is 0 Å². The second-order valence-electron chi connectivity index (χ2n) is 5.70. The molecule has 1 heterocycles. The van der Waals surface area contributed by atoms with Gasteiger partial charge < -0.3 is 10.6 Å². The number of benzene rings is 2. The van der Waals surface area contributed by atoms with Crippen LogP contribution in [0.2, 0.25) is 0 Å². The van der Waals surface area contributed by atoms with E-state index in [4.69, 9.17) is 0 Å². The standard InChI is InChI=1S/C19H19BrN4/c1-13-4-3-5-15(10-13)12-22-18-8-9-21-19(24-18)23-16-6-7-17(20)14(2)11-16/h3-11H,12H2,1-2H3,(H2,21,22,23,24). The molecule has 0 unspecified atom stereocenters. The molecule has 0 amide bonds.